The van der Waals surface area contributed by atoms with E-state index in [1.54, 1.807) is 7.11 Å². The highest BCUT2D eigenvalue weighted by Crippen LogP contribution is 2.19. The minimum Gasteiger partial charge on any atom is -0.496 e. The molecule has 1 fully saturated rings. The van der Waals surface area contributed by atoms with Crippen LogP contribution in [-0.2, 0) is 0 Å². The zero-order valence-corrected chi connectivity index (χ0v) is 23.6. The molecule has 0 unspecified atom stereocenters. The van der Waals surface area contributed by atoms with Gasteiger partial charge in [-0.2, -0.15) is 0 Å². The largest absolute Gasteiger partial charge is 0.496 e. The molecule has 0 radical (unpaired) electrons. The number of rotatable bonds is 9. The van der Waals surface area contributed by atoms with E-state index in [0.717, 1.165) is 41.0 Å². The zero-order chi connectivity index (χ0) is 26.9. The Morgan fingerprint density at radius 3 is 2.39 bits per heavy atom. The lowest BCUT2D eigenvalue weighted by molar-refractivity contribution is 0.0609. The summed E-state index contributed by atoms with van der Waals surface area (Å²) in [4.78, 5) is 32.4. The van der Waals surface area contributed by atoms with Crippen molar-refractivity contribution < 1.29 is 14.3 Å². The number of para-hydroxylation sites is 1. The maximum atomic E-state index is 13.4. The molecule has 38 heavy (non-hydrogen) atoms. The number of amides is 2. The molecule has 2 amide bonds. The first-order valence-corrected chi connectivity index (χ1v) is 13.7. The van der Waals surface area contributed by atoms with Gasteiger partial charge < -0.3 is 14.5 Å². The molecule has 0 spiro atoms. The second kappa shape index (κ2) is 13.4. The van der Waals surface area contributed by atoms with Gasteiger partial charge >= 0.3 is 0 Å². The van der Waals surface area contributed by atoms with E-state index in [9.17, 15) is 9.59 Å². The van der Waals surface area contributed by atoms with Crippen LogP contribution < -0.4 is 4.74 Å². The number of methoxy groups -OCH3 is 1. The van der Waals surface area contributed by atoms with Crippen LogP contribution in [0, 0.1) is 6.92 Å². The van der Waals surface area contributed by atoms with E-state index >= 15 is 0 Å². The average Bonchev–Trinajstić information content (AvgIpc) is 2.95. The summed E-state index contributed by atoms with van der Waals surface area (Å²) in [7, 11) is 1.66. The van der Waals surface area contributed by atoms with Crippen LogP contribution in [0.5, 0.6) is 5.75 Å². The van der Waals surface area contributed by atoms with Crippen LogP contribution in [0.25, 0.3) is 6.08 Å². The summed E-state index contributed by atoms with van der Waals surface area (Å²) in [6.45, 7) is 6.76. The van der Waals surface area contributed by atoms with Gasteiger partial charge in [-0.1, -0.05) is 70.0 Å². The summed E-state index contributed by atoms with van der Waals surface area (Å²) in [5.74, 6) is 0.872. The van der Waals surface area contributed by atoms with Crippen molar-refractivity contribution in [3.8, 4) is 5.75 Å². The van der Waals surface area contributed by atoms with Gasteiger partial charge in [-0.25, -0.2) is 0 Å². The number of carbonyl (C=O) groups excluding carboxylic acids is 2. The fourth-order valence-corrected chi connectivity index (χ4v) is 4.91. The predicted octanol–water partition coefficient (Wildman–Crippen LogP) is 5.38. The lowest BCUT2D eigenvalue weighted by atomic mass is 10.1. The number of hydrogen-bond donors (Lipinski definition) is 0. The first-order chi connectivity index (χ1) is 18.4. The fraction of sp³-hybridized carbons (Fsp3) is 0.290. The van der Waals surface area contributed by atoms with Crippen molar-refractivity contribution in [2.75, 3.05) is 52.9 Å². The molecule has 3 aromatic rings. The van der Waals surface area contributed by atoms with Gasteiger partial charge in [0.05, 0.1) is 7.11 Å². The SMILES string of the molecule is COc1ccccc1/C=C/CN(CCN1CCN(C(=O)c2cccc(Br)c2)CC1)C(=O)c1ccc(C)cc1. The molecule has 4 rings (SSSR count). The summed E-state index contributed by atoms with van der Waals surface area (Å²) >= 11 is 3.45. The van der Waals surface area contributed by atoms with Gasteiger partial charge in [0.1, 0.15) is 5.75 Å². The van der Waals surface area contributed by atoms with E-state index < -0.39 is 0 Å². The lowest BCUT2D eigenvalue weighted by Crippen LogP contribution is -2.50. The Morgan fingerprint density at radius 2 is 1.68 bits per heavy atom. The van der Waals surface area contributed by atoms with Crippen molar-refractivity contribution in [1.82, 2.24) is 14.7 Å². The van der Waals surface area contributed by atoms with Crippen LogP contribution in [0.2, 0.25) is 0 Å². The van der Waals surface area contributed by atoms with E-state index in [2.05, 4.69) is 20.8 Å². The smallest absolute Gasteiger partial charge is 0.254 e. The quantitative estimate of drug-likeness (QED) is 0.344. The van der Waals surface area contributed by atoms with Crippen LogP contribution in [-0.4, -0.2) is 79.4 Å². The standard InChI is InChI=1S/C31H34BrN3O3/c1-24-12-14-26(15-13-24)30(36)34(16-6-9-25-7-3-4-11-29(25)38-2)20-17-33-18-21-35(22-19-33)31(37)27-8-5-10-28(32)23-27/h3-15,23H,16-22H2,1-2H3/b9-6+. The van der Waals surface area contributed by atoms with Gasteiger partial charge in [0.25, 0.3) is 11.8 Å². The maximum absolute atomic E-state index is 13.4. The number of ether oxygens (including phenoxy) is 1. The van der Waals surface area contributed by atoms with Crippen LogP contribution in [0.4, 0.5) is 0 Å². The normalized spacial score (nSPS) is 14.0. The maximum Gasteiger partial charge on any atom is 0.254 e. The van der Waals surface area contributed by atoms with Gasteiger partial charge in [0.2, 0.25) is 0 Å². The second-order valence-electron chi connectivity index (χ2n) is 9.41. The monoisotopic (exact) mass is 575 g/mol. The number of hydrogen-bond acceptors (Lipinski definition) is 4. The van der Waals surface area contributed by atoms with E-state index in [1.165, 1.54) is 0 Å². The minimum atomic E-state index is 0.0122. The van der Waals surface area contributed by atoms with Crippen molar-refractivity contribution in [2.24, 2.45) is 0 Å². The molecule has 0 aliphatic carbocycles. The summed E-state index contributed by atoms with van der Waals surface area (Å²) in [5.41, 5.74) is 3.48. The molecule has 1 saturated heterocycles. The molecule has 7 heteroatoms. The summed E-state index contributed by atoms with van der Waals surface area (Å²) in [6, 6.07) is 23.1. The van der Waals surface area contributed by atoms with Gasteiger partial charge in [-0.15, -0.1) is 0 Å². The van der Waals surface area contributed by atoms with E-state index in [1.807, 2.05) is 102 Å². The Hall–Kier alpha value is -3.42. The number of benzene rings is 3. The molecule has 0 saturated carbocycles. The molecule has 0 N–H and O–H groups in total. The molecule has 1 heterocycles. The highest BCUT2D eigenvalue weighted by atomic mass is 79.9. The van der Waals surface area contributed by atoms with Gasteiger partial charge in [0.15, 0.2) is 0 Å². The Balaban J connectivity index is 1.37. The molecular formula is C31H34BrN3O3. The van der Waals surface area contributed by atoms with Gasteiger partial charge in [-0.05, 0) is 43.3 Å². The van der Waals surface area contributed by atoms with Gasteiger partial charge in [0, 0.05) is 67.0 Å². The Labute approximate surface area is 233 Å². The molecule has 0 bridgehead atoms. The van der Waals surface area contributed by atoms with Crippen molar-refractivity contribution >= 4 is 33.8 Å². The van der Waals surface area contributed by atoms with E-state index in [-0.39, 0.29) is 11.8 Å². The predicted molar refractivity (Wildman–Crippen MR) is 156 cm³/mol. The number of nitrogens with zero attached hydrogens (tertiary/aromatic N) is 3. The van der Waals surface area contributed by atoms with Crippen molar-refractivity contribution in [3.63, 3.8) is 0 Å². The van der Waals surface area contributed by atoms with Crippen LogP contribution in [0.3, 0.4) is 0 Å². The molecule has 1 aliphatic heterocycles. The summed E-state index contributed by atoms with van der Waals surface area (Å²) in [5, 5.41) is 0. The average molecular weight is 577 g/mol. The van der Waals surface area contributed by atoms with Crippen molar-refractivity contribution in [3.05, 3.63) is 106 Å². The third-order valence-corrected chi connectivity index (χ3v) is 7.26. The number of carbonyl (C=O) groups is 2. The van der Waals surface area contributed by atoms with Crippen LogP contribution in [0.15, 0.2) is 83.3 Å². The van der Waals surface area contributed by atoms with Crippen molar-refractivity contribution in [1.29, 1.82) is 0 Å². The van der Waals surface area contributed by atoms with E-state index in [0.29, 0.717) is 37.3 Å². The Kier molecular flexibility index (Phi) is 9.73. The summed E-state index contributed by atoms with van der Waals surface area (Å²) in [6.07, 6.45) is 4.01. The fourth-order valence-electron chi connectivity index (χ4n) is 4.51. The lowest BCUT2D eigenvalue weighted by Gasteiger charge is -2.36. The van der Waals surface area contributed by atoms with E-state index in [4.69, 9.17) is 4.74 Å². The van der Waals surface area contributed by atoms with Gasteiger partial charge in [-0.3, -0.25) is 14.5 Å². The van der Waals surface area contributed by atoms with Crippen LogP contribution >= 0.6 is 15.9 Å². The second-order valence-corrected chi connectivity index (χ2v) is 10.3. The molecule has 1 aliphatic rings. The first-order valence-electron chi connectivity index (χ1n) is 12.9. The molecule has 0 atom stereocenters. The highest BCUT2D eigenvalue weighted by Gasteiger charge is 2.23. The minimum absolute atomic E-state index is 0.0122. The van der Waals surface area contributed by atoms with Crippen molar-refractivity contribution in [2.45, 2.75) is 6.92 Å². The topological polar surface area (TPSA) is 53.1 Å². The first kappa shape index (κ1) is 27.6. The molecule has 3 aromatic carbocycles. The molecule has 0 aromatic heterocycles. The van der Waals surface area contributed by atoms with Crippen LogP contribution in [0.1, 0.15) is 31.8 Å². The third-order valence-electron chi connectivity index (χ3n) is 6.77. The Bertz CT molecular complexity index is 1270. The zero-order valence-electron chi connectivity index (χ0n) is 22.0. The molecule has 6 nitrogen and oxygen atoms in total. The summed E-state index contributed by atoms with van der Waals surface area (Å²) < 4.78 is 6.35. The number of piperazine rings is 1. The molecular weight excluding hydrogens is 542 g/mol. The highest BCUT2D eigenvalue weighted by molar-refractivity contribution is 9.10. The number of aryl methyl sites for hydroxylation is 1. The molecule has 198 valence electrons. The Morgan fingerprint density at radius 1 is 0.947 bits per heavy atom. The number of halogens is 1. The third kappa shape index (κ3) is 7.33.